The molecule has 2 aliphatic rings. The highest BCUT2D eigenvalue weighted by molar-refractivity contribution is 6.30. The Balaban J connectivity index is 1.37. The van der Waals surface area contributed by atoms with Crippen LogP contribution in [0.1, 0.15) is 54.8 Å². The summed E-state index contributed by atoms with van der Waals surface area (Å²) < 4.78 is 5.77. The predicted octanol–water partition coefficient (Wildman–Crippen LogP) is 4.59. The molecule has 4 heterocycles. The second kappa shape index (κ2) is 10.0. The Bertz CT molecular complexity index is 1290. The lowest BCUT2D eigenvalue weighted by Gasteiger charge is -2.33. The van der Waals surface area contributed by atoms with Crippen LogP contribution in [0.2, 0.25) is 5.02 Å². The first-order valence-electron chi connectivity index (χ1n) is 11.8. The lowest BCUT2D eigenvalue weighted by molar-refractivity contribution is -0.121. The number of carbonyl (C=O) groups is 2. The molecular formula is C25H25ClN6O3. The zero-order valence-corrected chi connectivity index (χ0v) is 19.8. The Kier molecular flexibility index (Phi) is 6.66. The number of hydrogen-bond donors (Lipinski definition) is 2. The van der Waals surface area contributed by atoms with Gasteiger partial charge in [-0.3, -0.25) is 9.59 Å². The van der Waals surface area contributed by atoms with E-state index < -0.39 is 5.91 Å². The molecule has 10 heteroatoms. The van der Waals surface area contributed by atoms with Gasteiger partial charge in [-0.15, -0.1) is 0 Å². The number of fused-ring (bicyclic) bond motifs is 1. The van der Waals surface area contributed by atoms with E-state index in [2.05, 4.69) is 25.5 Å². The van der Waals surface area contributed by atoms with E-state index in [0.717, 1.165) is 38.8 Å². The fourth-order valence-electron chi connectivity index (χ4n) is 4.97. The van der Waals surface area contributed by atoms with Crippen molar-refractivity contribution >= 4 is 46.0 Å². The van der Waals surface area contributed by atoms with Crippen LogP contribution in [0.25, 0.3) is 11.1 Å². The van der Waals surface area contributed by atoms with Crippen LogP contribution in [0, 0.1) is 17.2 Å². The molecule has 0 bridgehead atoms. The number of amides is 2. The summed E-state index contributed by atoms with van der Waals surface area (Å²) in [5.41, 5.74) is 0.880. The molecule has 3 aromatic rings. The third-order valence-electron chi connectivity index (χ3n) is 6.80. The zero-order valence-electron chi connectivity index (χ0n) is 19.1. The molecule has 35 heavy (non-hydrogen) atoms. The van der Waals surface area contributed by atoms with E-state index in [-0.39, 0.29) is 40.3 Å². The second-order valence-electron chi connectivity index (χ2n) is 9.01. The van der Waals surface area contributed by atoms with E-state index in [0.29, 0.717) is 16.6 Å². The van der Waals surface area contributed by atoms with Crippen LogP contribution in [0.15, 0.2) is 34.9 Å². The number of anilines is 2. The van der Waals surface area contributed by atoms with Gasteiger partial charge in [0.25, 0.3) is 5.91 Å². The number of likely N-dealkylation sites (tertiary alicyclic amines) is 1. The van der Waals surface area contributed by atoms with Crippen molar-refractivity contribution in [1.29, 1.82) is 5.26 Å². The Labute approximate surface area is 207 Å². The van der Waals surface area contributed by atoms with E-state index in [1.54, 1.807) is 18.2 Å². The molecule has 180 valence electrons. The maximum absolute atomic E-state index is 13.2. The van der Waals surface area contributed by atoms with Crippen molar-refractivity contribution in [2.45, 2.75) is 44.6 Å². The summed E-state index contributed by atoms with van der Waals surface area (Å²) in [6, 6.07) is 8.76. The SMILES string of the molecule is N#Cc1ccc2oc(C(=O)Nc3ccc(Cl)cn3)c(NC(=O)C3CCC(N4CCCC4)CC3)c2n1. The van der Waals surface area contributed by atoms with Crippen molar-refractivity contribution in [1.82, 2.24) is 14.9 Å². The summed E-state index contributed by atoms with van der Waals surface area (Å²) in [5, 5.41) is 15.3. The lowest BCUT2D eigenvalue weighted by Crippen LogP contribution is -2.38. The number of hydrogen-bond acceptors (Lipinski definition) is 7. The van der Waals surface area contributed by atoms with E-state index in [1.165, 1.54) is 25.1 Å². The van der Waals surface area contributed by atoms with Gasteiger partial charge in [-0.1, -0.05) is 11.6 Å². The summed E-state index contributed by atoms with van der Waals surface area (Å²) in [4.78, 5) is 37.2. The maximum atomic E-state index is 13.2. The zero-order chi connectivity index (χ0) is 24.4. The van der Waals surface area contributed by atoms with Crippen LogP contribution in [0.3, 0.4) is 0 Å². The minimum atomic E-state index is -0.593. The van der Waals surface area contributed by atoms with Crippen LogP contribution in [-0.4, -0.2) is 45.8 Å². The molecule has 1 saturated heterocycles. The van der Waals surface area contributed by atoms with E-state index in [9.17, 15) is 14.9 Å². The Morgan fingerprint density at radius 2 is 1.86 bits per heavy atom. The predicted molar refractivity (Wildman–Crippen MR) is 131 cm³/mol. The fourth-order valence-corrected chi connectivity index (χ4v) is 5.08. The molecule has 1 aliphatic heterocycles. The Morgan fingerprint density at radius 1 is 1.09 bits per heavy atom. The first-order valence-corrected chi connectivity index (χ1v) is 12.2. The molecule has 5 rings (SSSR count). The molecular weight excluding hydrogens is 468 g/mol. The summed E-state index contributed by atoms with van der Waals surface area (Å²) >= 11 is 5.87. The number of carbonyl (C=O) groups excluding carboxylic acids is 2. The number of nitrogens with one attached hydrogen (secondary N) is 2. The molecule has 1 saturated carbocycles. The van der Waals surface area contributed by atoms with Gasteiger partial charge in [0, 0.05) is 18.2 Å². The van der Waals surface area contributed by atoms with Crippen molar-refractivity contribution in [3.63, 3.8) is 0 Å². The molecule has 1 aliphatic carbocycles. The van der Waals surface area contributed by atoms with Crippen molar-refractivity contribution in [3.05, 3.63) is 46.9 Å². The molecule has 3 aromatic heterocycles. The topological polar surface area (TPSA) is 124 Å². The van der Waals surface area contributed by atoms with Crippen LogP contribution in [0.4, 0.5) is 11.5 Å². The molecule has 9 nitrogen and oxygen atoms in total. The fraction of sp³-hybridized carbons (Fsp3) is 0.400. The molecule has 0 atom stereocenters. The average molecular weight is 493 g/mol. The van der Waals surface area contributed by atoms with Crippen molar-refractivity contribution in [2.24, 2.45) is 5.92 Å². The van der Waals surface area contributed by atoms with Gasteiger partial charge < -0.3 is 20.0 Å². The minimum Gasteiger partial charge on any atom is -0.447 e. The highest BCUT2D eigenvalue weighted by atomic mass is 35.5. The molecule has 2 fully saturated rings. The molecule has 2 amide bonds. The van der Waals surface area contributed by atoms with Gasteiger partial charge in [0.15, 0.2) is 5.58 Å². The van der Waals surface area contributed by atoms with Gasteiger partial charge in [-0.05, 0) is 75.9 Å². The number of halogens is 1. The number of aromatic nitrogens is 2. The van der Waals surface area contributed by atoms with Gasteiger partial charge in [-0.25, -0.2) is 9.97 Å². The van der Waals surface area contributed by atoms with Gasteiger partial charge in [0.05, 0.1) is 5.02 Å². The second-order valence-corrected chi connectivity index (χ2v) is 9.45. The number of pyridine rings is 2. The van der Waals surface area contributed by atoms with E-state index in [1.807, 2.05) is 6.07 Å². The molecule has 0 unspecified atom stereocenters. The third kappa shape index (κ3) is 4.99. The maximum Gasteiger partial charge on any atom is 0.294 e. The largest absolute Gasteiger partial charge is 0.447 e. The van der Waals surface area contributed by atoms with Crippen LogP contribution in [-0.2, 0) is 4.79 Å². The van der Waals surface area contributed by atoms with Gasteiger partial charge in [0.2, 0.25) is 11.7 Å². The highest BCUT2D eigenvalue weighted by Gasteiger charge is 2.32. The summed E-state index contributed by atoms with van der Waals surface area (Å²) in [6.45, 7) is 2.30. The highest BCUT2D eigenvalue weighted by Crippen LogP contribution is 2.34. The number of furan rings is 1. The molecule has 0 radical (unpaired) electrons. The quantitative estimate of drug-likeness (QED) is 0.533. The smallest absolute Gasteiger partial charge is 0.294 e. The van der Waals surface area contributed by atoms with Crippen LogP contribution >= 0.6 is 11.6 Å². The first-order chi connectivity index (χ1) is 17.0. The van der Waals surface area contributed by atoms with E-state index >= 15 is 0 Å². The molecule has 0 aromatic carbocycles. The first kappa shape index (κ1) is 23.3. The number of nitrogens with zero attached hydrogens (tertiary/aromatic N) is 4. The molecule has 2 N–H and O–H groups in total. The summed E-state index contributed by atoms with van der Waals surface area (Å²) in [6.07, 6.45) is 7.46. The van der Waals surface area contributed by atoms with E-state index in [4.69, 9.17) is 16.0 Å². The summed E-state index contributed by atoms with van der Waals surface area (Å²) in [7, 11) is 0. The Morgan fingerprint density at radius 3 is 2.54 bits per heavy atom. The Hall–Kier alpha value is -3.48. The monoisotopic (exact) mass is 492 g/mol. The van der Waals surface area contributed by atoms with Crippen molar-refractivity contribution < 1.29 is 14.0 Å². The van der Waals surface area contributed by atoms with Crippen LogP contribution in [0.5, 0.6) is 0 Å². The minimum absolute atomic E-state index is 0.0987. The van der Waals surface area contributed by atoms with Gasteiger partial charge in [0.1, 0.15) is 28.8 Å². The average Bonchev–Trinajstić information content (AvgIpc) is 3.54. The van der Waals surface area contributed by atoms with Crippen molar-refractivity contribution in [3.8, 4) is 6.07 Å². The lowest BCUT2D eigenvalue weighted by atomic mass is 9.85. The normalized spacial score (nSPS) is 20.5. The standard InChI is InChI=1S/C25H25ClN6O3/c26-16-5-10-20(28-14-16)30-25(34)23-22(21-19(35-23)9-6-17(13-27)29-21)31-24(33)15-3-7-18(8-4-15)32-11-1-2-12-32/h5-6,9-10,14-15,18H,1-4,7-8,11-12H2,(H,31,33)(H,28,30,34). The summed E-state index contributed by atoms with van der Waals surface area (Å²) in [5.74, 6) is -0.743. The van der Waals surface area contributed by atoms with Gasteiger partial charge in [-0.2, -0.15) is 5.26 Å². The van der Waals surface area contributed by atoms with Gasteiger partial charge >= 0.3 is 0 Å². The number of rotatable bonds is 5. The van der Waals surface area contributed by atoms with Crippen LogP contribution < -0.4 is 10.6 Å². The number of nitriles is 1. The third-order valence-corrected chi connectivity index (χ3v) is 7.02. The van der Waals surface area contributed by atoms with Crippen molar-refractivity contribution in [2.75, 3.05) is 23.7 Å². The molecule has 0 spiro atoms.